The third kappa shape index (κ3) is 4.18. The van der Waals surface area contributed by atoms with Gasteiger partial charge in [-0.1, -0.05) is 0 Å². The average Bonchev–Trinajstić information content (AvgIpc) is 2.87. The van der Waals surface area contributed by atoms with Crippen LogP contribution in [0.25, 0.3) is 0 Å². The Morgan fingerprint density at radius 3 is 2.80 bits per heavy atom. The standard InChI is InChI=1S/C11H21N3O/c15-11(14-9-3-4-9)2-1-6-13-10-5-7-12-8-10/h9-10,12-13H,1-8H2,(H,14,15). The molecule has 3 N–H and O–H groups in total. The molecule has 1 saturated carbocycles. The van der Waals surface area contributed by atoms with Crippen molar-refractivity contribution in [1.82, 2.24) is 16.0 Å². The zero-order valence-electron chi connectivity index (χ0n) is 9.22. The zero-order valence-corrected chi connectivity index (χ0v) is 9.22. The second kappa shape index (κ2) is 5.47. The van der Waals surface area contributed by atoms with Crippen LogP contribution in [0.4, 0.5) is 0 Å². The Hall–Kier alpha value is -0.610. The van der Waals surface area contributed by atoms with E-state index in [1.807, 2.05) is 0 Å². The molecular formula is C11H21N3O. The molecule has 0 aromatic carbocycles. The van der Waals surface area contributed by atoms with Crippen LogP contribution in [0.3, 0.4) is 0 Å². The van der Waals surface area contributed by atoms with Crippen LogP contribution in [0.5, 0.6) is 0 Å². The van der Waals surface area contributed by atoms with Crippen molar-refractivity contribution in [3.05, 3.63) is 0 Å². The highest BCUT2D eigenvalue weighted by atomic mass is 16.1. The molecule has 2 aliphatic rings. The van der Waals surface area contributed by atoms with E-state index < -0.39 is 0 Å². The largest absolute Gasteiger partial charge is 0.353 e. The summed E-state index contributed by atoms with van der Waals surface area (Å²) in [4.78, 5) is 11.3. The van der Waals surface area contributed by atoms with E-state index in [0.29, 0.717) is 18.5 Å². The normalized spacial score (nSPS) is 25.5. The first kappa shape index (κ1) is 10.9. The lowest BCUT2D eigenvalue weighted by molar-refractivity contribution is -0.121. The van der Waals surface area contributed by atoms with Gasteiger partial charge in [-0.15, -0.1) is 0 Å². The van der Waals surface area contributed by atoms with E-state index in [1.54, 1.807) is 0 Å². The number of hydrogen-bond donors (Lipinski definition) is 3. The minimum atomic E-state index is 0.226. The summed E-state index contributed by atoms with van der Waals surface area (Å²) < 4.78 is 0. The third-order valence-corrected chi connectivity index (χ3v) is 3.02. The Labute approximate surface area is 91.2 Å². The van der Waals surface area contributed by atoms with Crippen molar-refractivity contribution in [3.63, 3.8) is 0 Å². The molecule has 86 valence electrons. The Balaban J connectivity index is 1.44. The maximum Gasteiger partial charge on any atom is 0.220 e. The summed E-state index contributed by atoms with van der Waals surface area (Å²) in [6, 6.07) is 1.13. The highest BCUT2D eigenvalue weighted by molar-refractivity contribution is 5.76. The van der Waals surface area contributed by atoms with Crippen molar-refractivity contribution < 1.29 is 4.79 Å². The molecule has 15 heavy (non-hydrogen) atoms. The van der Waals surface area contributed by atoms with Gasteiger partial charge in [-0.3, -0.25) is 4.79 Å². The van der Waals surface area contributed by atoms with Gasteiger partial charge in [0, 0.05) is 25.0 Å². The highest BCUT2D eigenvalue weighted by Gasteiger charge is 2.22. The van der Waals surface area contributed by atoms with Gasteiger partial charge in [-0.05, 0) is 38.8 Å². The van der Waals surface area contributed by atoms with Crippen LogP contribution in [0.1, 0.15) is 32.1 Å². The maximum absolute atomic E-state index is 11.3. The number of nitrogens with one attached hydrogen (secondary N) is 3. The van der Waals surface area contributed by atoms with Crippen LogP contribution in [0, 0.1) is 0 Å². The van der Waals surface area contributed by atoms with Gasteiger partial charge in [0.05, 0.1) is 0 Å². The van der Waals surface area contributed by atoms with Crippen molar-refractivity contribution in [2.45, 2.75) is 44.2 Å². The lowest BCUT2D eigenvalue weighted by atomic mass is 10.2. The number of hydrogen-bond acceptors (Lipinski definition) is 3. The van der Waals surface area contributed by atoms with Crippen LogP contribution < -0.4 is 16.0 Å². The Morgan fingerprint density at radius 1 is 1.27 bits per heavy atom. The minimum absolute atomic E-state index is 0.226. The van der Waals surface area contributed by atoms with Gasteiger partial charge in [0.15, 0.2) is 0 Å². The molecule has 1 aliphatic carbocycles. The van der Waals surface area contributed by atoms with E-state index in [4.69, 9.17) is 0 Å². The van der Waals surface area contributed by atoms with Crippen LogP contribution in [-0.4, -0.2) is 37.6 Å². The van der Waals surface area contributed by atoms with E-state index in [2.05, 4.69) is 16.0 Å². The molecule has 0 aromatic heterocycles. The number of carbonyl (C=O) groups is 1. The molecule has 1 heterocycles. The number of carbonyl (C=O) groups excluding carboxylic acids is 1. The van der Waals surface area contributed by atoms with Gasteiger partial charge in [0.25, 0.3) is 0 Å². The first-order chi connectivity index (χ1) is 7.34. The average molecular weight is 211 g/mol. The molecule has 0 radical (unpaired) electrons. The molecule has 2 fully saturated rings. The molecule has 0 spiro atoms. The second-order valence-corrected chi connectivity index (χ2v) is 4.59. The van der Waals surface area contributed by atoms with Crippen molar-refractivity contribution >= 4 is 5.91 Å². The molecule has 0 aromatic rings. The fourth-order valence-corrected chi connectivity index (χ4v) is 1.91. The van der Waals surface area contributed by atoms with Gasteiger partial charge >= 0.3 is 0 Å². The summed E-state index contributed by atoms with van der Waals surface area (Å²) >= 11 is 0. The van der Waals surface area contributed by atoms with Gasteiger partial charge in [-0.25, -0.2) is 0 Å². The highest BCUT2D eigenvalue weighted by Crippen LogP contribution is 2.18. The van der Waals surface area contributed by atoms with Crippen molar-refractivity contribution in [2.75, 3.05) is 19.6 Å². The van der Waals surface area contributed by atoms with Gasteiger partial charge in [0.2, 0.25) is 5.91 Å². The summed E-state index contributed by atoms with van der Waals surface area (Å²) in [5.41, 5.74) is 0. The van der Waals surface area contributed by atoms with Crippen LogP contribution in [0.15, 0.2) is 0 Å². The molecule has 0 bridgehead atoms. The van der Waals surface area contributed by atoms with Gasteiger partial charge in [-0.2, -0.15) is 0 Å². The zero-order chi connectivity index (χ0) is 10.5. The Morgan fingerprint density at radius 2 is 2.13 bits per heavy atom. The monoisotopic (exact) mass is 211 g/mol. The maximum atomic E-state index is 11.3. The number of amides is 1. The molecule has 1 atom stereocenters. The van der Waals surface area contributed by atoms with Crippen LogP contribution in [-0.2, 0) is 4.79 Å². The van der Waals surface area contributed by atoms with Crippen molar-refractivity contribution in [1.29, 1.82) is 0 Å². The summed E-state index contributed by atoms with van der Waals surface area (Å²) in [5, 5.41) is 9.78. The van der Waals surface area contributed by atoms with E-state index in [1.165, 1.54) is 19.3 Å². The molecule has 4 nitrogen and oxygen atoms in total. The molecule has 1 saturated heterocycles. The summed E-state index contributed by atoms with van der Waals surface area (Å²) in [7, 11) is 0. The van der Waals surface area contributed by atoms with Gasteiger partial charge < -0.3 is 16.0 Å². The van der Waals surface area contributed by atoms with Crippen molar-refractivity contribution in [3.8, 4) is 0 Å². The summed E-state index contributed by atoms with van der Waals surface area (Å²) in [5.74, 6) is 0.226. The van der Waals surface area contributed by atoms with Crippen LogP contribution >= 0.6 is 0 Å². The first-order valence-corrected chi connectivity index (χ1v) is 6.08. The fourth-order valence-electron chi connectivity index (χ4n) is 1.91. The SMILES string of the molecule is O=C(CCCNC1CCNC1)NC1CC1. The molecule has 2 rings (SSSR count). The molecule has 1 unspecified atom stereocenters. The Kier molecular flexibility index (Phi) is 3.97. The molecule has 1 aliphatic heterocycles. The molecule has 4 heteroatoms. The summed E-state index contributed by atoms with van der Waals surface area (Å²) in [6.07, 6.45) is 5.20. The second-order valence-electron chi connectivity index (χ2n) is 4.59. The van der Waals surface area contributed by atoms with Gasteiger partial charge in [0.1, 0.15) is 0 Å². The predicted molar refractivity (Wildman–Crippen MR) is 59.7 cm³/mol. The summed E-state index contributed by atoms with van der Waals surface area (Å²) in [6.45, 7) is 3.17. The van der Waals surface area contributed by atoms with E-state index in [0.717, 1.165) is 26.1 Å². The van der Waals surface area contributed by atoms with Crippen LogP contribution in [0.2, 0.25) is 0 Å². The smallest absolute Gasteiger partial charge is 0.220 e. The lowest BCUT2D eigenvalue weighted by Crippen LogP contribution is -2.32. The van der Waals surface area contributed by atoms with E-state index in [-0.39, 0.29) is 5.91 Å². The van der Waals surface area contributed by atoms with E-state index >= 15 is 0 Å². The molecular weight excluding hydrogens is 190 g/mol. The third-order valence-electron chi connectivity index (χ3n) is 3.02. The molecule has 1 amide bonds. The van der Waals surface area contributed by atoms with E-state index in [9.17, 15) is 4.79 Å². The van der Waals surface area contributed by atoms with Crippen molar-refractivity contribution in [2.24, 2.45) is 0 Å². The number of rotatable bonds is 6. The lowest BCUT2D eigenvalue weighted by Gasteiger charge is -2.10. The predicted octanol–water partition coefficient (Wildman–Crippen LogP) is -0.00330. The fraction of sp³-hybridized carbons (Fsp3) is 0.909. The topological polar surface area (TPSA) is 53.2 Å². The first-order valence-electron chi connectivity index (χ1n) is 6.08. The quantitative estimate of drug-likeness (QED) is 0.542. The minimum Gasteiger partial charge on any atom is -0.353 e. The Bertz CT molecular complexity index is 210.